The zero-order chi connectivity index (χ0) is 11.6. The molecule has 0 saturated carbocycles. The molecule has 1 aromatic rings. The first-order valence-corrected chi connectivity index (χ1v) is 3.78. The second-order valence-corrected chi connectivity index (χ2v) is 2.64. The molecule has 0 bridgehead atoms. The molecule has 6 nitrogen and oxygen atoms in total. The van der Waals surface area contributed by atoms with E-state index in [2.05, 4.69) is 0 Å². The second kappa shape index (κ2) is 5.35. The fraction of sp³-hybridized carbons (Fsp3) is 0. The van der Waals surface area contributed by atoms with E-state index in [1.54, 1.807) is 0 Å². The van der Waals surface area contributed by atoms with E-state index in [1.165, 1.54) is 6.07 Å². The van der Waals surface area contributed by atoms with Crippen molar-refractivity contribution in [3.8, 4) is 0 Å². The molecular formula is C9H7LiO6. The van der Waals surface area contributed by atoms with Gasteiger partial charge in [0.2, 0.25) is 0 Å². The van der Waals surface area contributed by atoms with E-state index in [-0.39, 0.29) is 18.9 Å². The maximum absolute atomic E-state index is 10.7. The molecule has 0 amide bonds. The van der Waals surface area contributed by atoms with Gasteiger partial charge < -0.3 is 15.3 Å². The van der Waals surface area contributed by atoms with Gasteiger partial charge in [0.1, 0.15) is 0 Å². The van der Waals surface area contributed by atoms with E-state index in [9.17, 15) is 14.4 Å². The predicted molar refractivity (Wildman–Crippen MR) is 54.5 cm³/mol. The number of rotatable bonds is 3. The van der Waals surface area contributed by atoms with Gasteiger partial charge in [-0.2, -0.15) is 0 Å². The van der Waals surface area contributed by atoms with Crippen molar-refractivity contribution in [1.29, 1.82) is 0 Å². The van der Waals surface area contributed by atoms with Crippen LogP contribution in [0.4, 0.5) is 0 Å². The number of aromatic carboxylic acids is 3. The Morgan fingerprint density at radius 3 is 1.44 bits per heavy atom. The maximum atomic E-state index is 10.7. The first-order chi connectivity index (χ1) is 6.95. The summed E-state index contributed by atoms with van der Waals surface area (Å²) in [5.74, 6) is -4.53. The van der Waals surface area contributed by atoms with E-state index in [0.29, 0.717) is 0 Å². The van der Waals surface area contributed by atoms with Gasteiger partial charge in [-0.1, -0.05) is 6.07 Å². The minimum atomic E-state index is -1.58. The third-order valence-corrected chi connectivity index (χ3v) is 1.74. The first kappa shape index (κ1) is 14.2. The Bertz CT molecular complexity index is 421. The summed E-state index contributed by atoms with van der Waals surface area (Å²) in [6.07, 6.45) is 0. The van der Waals surface area contributed by atoms with Crippen molar-refractivity contribution in [1.82, 2.24) is 0 Å². The molecule has 3 N–H and O–H groups in total. The van der Waals surface area contributed by atoms with E-state index >= 15 is 0 Å². The predicted octanol–water partition coefficient (Wildman–Crippen LogP) is 0.133. The van der Waals surface area contributed by atoms with Gasteiger partial charge >= 0.3 is 36.8 Å². The van der Waals surface area contributed by atoms with Crippen LogP contribution in [0.25, 0.3) is 0 Å². The van der Waals surface area contributed by atoms with Crippen LogP contribution in [0.5, 0.6) is 0 Å². The van der Waals surface area contributed by atoms with Crippen molar-refractivity contribution in [2.45, 2.75) is 0 Å². The molecular weight excluding hydrogens is 211 g/mol. The van der Waals surface area contributed by atoms with Gasteiger partial charge in [0.15, 0.2) is 0 Å². The van der Waals surface area contributed by atoms with Crippen LogP contribution >= 0.6 is 0 Å². The van der Waals surface area contributed by atoms with Gasteiger partial charge in [0, 0.05) is 0 Å². The topological polar surface area (TPSA) is 112 Å². The second-order valence-electron chi connectivity index (χ2n) is 2.64. The van der Waals surface area contributed by atoms with Crippen molar-refractivity contribution in [2.24, 2.45) is 0 Å². The molecule has 1 aromatic carbocycles. The monoisotopic (exact) mass is 218 g/mol. The van der Waals surface area contributed by atoms with Gasteiger partial charge in [-0.15, -0.1) is 0 Å². The van der Waals surface area contributed by atoms with E-state index < -0.39 is 34.6 Å². The van der Waals surface area contributed by atoms with Crippen molar-refractivity contribution in [2.75, 3.05) is 0 Å². The quantitative estimate of drug-likeness (QED) is 0.621. The molecule has 1 rings (SSSR count). The molecule has 16 heavy (non-hydrogen) atoms. The van der Waals surface area contributed by atoms with Crippen molar-refractivity contribution in [3.05, 3.63) is 34.9 Å². The number of hydrogen-bond acceptors (Lipinski definition) is 3. The molecule has 0 fully saturated rings. The Hall–Kier alpha value is -1.77. The third-order valence-electron chi connectivity index (χ3n) is 1.74. The summed E-state index contributed by atoms with van der Waals surface area (Å²) in [6, 6.07) is 3.26. The number of carbonyl (C=O) groups is 3. The van der Waals surface area contributed by atoms with Crippen LogP contribution in [0.3, 0.4) is 0 Å². The molecule has 0 unspecified atom stereocenters. The molecule has 0 spiro atoms. The zero-order valence-electron chi connectivity index (χ0n) is 7.30. The number of carboxylic acid groups (broad SMARTS) is 3. The molecule has 0 heterocycles. The number of carboxylic acids is 3. The summed E-state index contributed by atoms with van der Waals surface area (Å²) in [4.78, 5) is 32.0. The summed E-state index contributed by atoms with van der Waals surface area (Å²) < 4.78 is 0. The average molecular weight is 218 g/mol. The van der Waals surface area contributed by atoms with E-state index in [1.807, 2.05) is 0 Å². The molecule has 0 aliphatic heterocycles. The Balaban J connectivity index is 0.00000225. The van der Waals surface area contributed by atoms with E-state index in [0.717, 1.165) is 12.1 Å². The fourth-order valence-electron chi connectivity index (χ4n) is 1.14. The normalized spacial score (nSPS) is 9.00. The molecule has 80 valence electrons. The fourth-order valence-corrected chi connectivity index (χ4v) is 1.14. The molecule has 0 atom stereocenters. The van der Waals surface area contributed by atoms with Crippen LogP contribution in [-0.2, 0) is 0 Å². The van der Waals surface area contributed by atoms with Crippen LogP contribution < -0.4 is 0 Å². The van der Waals surface area contributed by atoms with Crippen molar-refractivity contribution >= 4 is 36.8 Å². The van der Waals surface area contributed by atoms with Crippen LogP contribution in [0, 0.1) is 0 Å². The standard InChI is InChI=1S/C9H6O6.Li.H/c10-7(11)4-2-1-3-5(8(12)13)6(4)9(14)15;;/h1-3H,(H,10,11)(H,12,13)(H,14,15);;. The van der Waals surface area contributed by atoms with Crippen LogP contribution in [0.15, 0.2) is 18.2 Å². The Labute approximate surface area is 102 Å². The summed E-state index contributed by atoms with van der Waals surface area (Å²) in [6.45, 7) is 0. The van der Waals surface area contributed by atoms with Gasteiger partial charge in [0.05, 0.1) is 16.7 Å². The molecule has 0 aliphatic rings. The number of benzene rings is 1. The van der Waals surface area contributed by atoms with Crippen LogP contribution in [-0.4, -0.2) is 52.1 Å². The summed E-state index contributed by atoms with van der Waals surface area (Å²) in [7, 11) is 0. The van der Waals surface area contributed by atoms with Crippen LogP contribution in [0.2, 0.25) is 0 Å². The SMILES string of the molecule is O=C(O)c1cccc(C(=O)O)c1C(=O)O.[LiH]. The molecule has 0 aromatic heterocycles. The average Bonchev–Trinajstić information content (AvgIpc) is 2.16. The zero-order valence-corrected chi connectivity index (χ0v) is 7.30. The Kier molecular flexibility index (Phi) is 4.76. The van der Waals surface area contributed by atoms with Gasteiger partial charge in [-0.25, -0.2) is 14.4 Å². The molecule has 0 saturated heterocycles. The van der Waals surface area contributed by atoms with E-state index in [4.69, 9.17) is 15.3 Å². The molecule has 0 aliphatic carbocycles. The summed E-state index contributed by atoms with van der Waals surface area (Å²) in [5.41, 5.74) is -1.79. The Morgan fingerprint density at radius 2 is 1.19 bits per heavy atom. The van der Waals surface area contributed by atoms with Crippen molar-refractivity contribution < 1.29 is 29.7 Å². The summed E-state index contributed by atoms with van der Waals surface area (Å²) in [5, 5.41) is 26.0. The van der Waals surface area contributed by atoms with Gasteiger partial charge in [-0.05, 0) is 12.1 Å². The van der Waals surface area contributed by atoms with Crippen LogP contribution in [0.1, 0.15) is 31.1 Å². The Morgan fingerprint density at radius 1 is 0.812 bits per heavy atom. The molecule has 0 radical (unpaired) electrons. The summed E-state index contributed by atoms with van der Waals surface area (Å²) >= 11 is 0. The first-order valence-electron chi connectivity index (χ1n) is 3.78. The van der Waals surface area contributed by atoms with Gasteiger partial charge in [0.25, 0.3) is 0 Å². The van der Waals surface area contributed by atoms with Gasteiger partial charge in [-0.3, -0.25) is 0 Å². The van der Waals surface area contributed by atoms with Crippen molar-refractivity contribution in [3.63, 3.8) is 0 Å². The third kappa shape index (κ3) is 2.63. The molecule has 7 heteroatoms. The number of hydrogen-bond donors (Lipinski definition) is 3. The minimum absolute atomic E-state index is 0.